The van der Waals surface area contributed by atoms with E-state index in [9.17, 15) is 4.79 Å². The number of hydrogen-bond acceptors (Lipinski definition) is 2. The fraction of sp³-hybridized carbons (Fsp3) is 0.933. The molecule has 0 aromatic rings. The van der Waals surface area contributed by atoms with E-state index in [-0.39, 0.29) is 6.42 Å². The van der Waals surface area contributed by atoms with Gasteiger partial charge in [-0.1, -0.05) is 26.7 Å². The van der Waals surface area contributed by atoms with E-state index in [4.69, 9.17) is 5.11 Å². The van der Waals surface area contributed by atoms with Crippen LogP contribution in [0.15, 0.2) is 0 Å². The first-order valence-corrected chi connectivity index (χ1v) is 7.39. The summed E-state index contributed by atoms with van der Waals surface area (Å²) in [5.74, 6) is 0.882. The van der Waals surface area contributed by atoms with Gasteiger partial charge in [0.15, 0.2) is 0 Å². The lowest BCUT2D eigenvalue weighted by Crippen LogP contribution is -2.44. The first kappa shape index (κ1) is 15.5. The first-order chi connectivity index (χ1) is 8.41. The topological polar surface area (TPSA) is 40.5 Å². The largest absolute Gasteiger partial charge is 0.481 e. The Kier molecular flexibility index (Phi) is 6.13. The molecule has 0 radical (unpaired) electrons. The minimum absolute atomic E-state index is 0.265. The number of aliphatic carboxylic acids is 1. The molecule has 0 heterocycles. The van der Waals surface area contributed by atoms with Crippen molar-refractivity contribution in [3.8, 4) is 0 Å². The number of carbonyl (C=O) groups is 1. The molecule has 1 N–H and O–H groups in total. The van der Waals surface area contributed by atoms with E-state index < -0.39 is 5.97 Å². The molecular formula is C15H29NO2. The zero-order chi connectivity index (χ0) is 13.7. The molecule has 1 aliphatic rings. The Morgan fingerprint density at radius 2 is 1.94 bits per heavy atom. The molecular weight excluding hydrogens is 226 g/mol. The standard InChI is InChI=1S/C15H29NO2/c1-11(2)13-6-5-7-14(10-13)16(12(3)4)9-8-15(17)18/h11-14H,5-10H2,1-4H3,(H,17,18). The third-order valence-electron chi connectivity index (χ3n) is 4.35. The van der Waals surface area contributed by atoms with Crippen LogP contribution in [0.5, 0.6) is 0 Å². The van der Waals surface area contributed by atoms with Crippen molar-refractivity contribution < 1.29 is 9.90 Å². The highest BCUT2D eigenvalue weighted by Crippen LogP contribution is 2.33. The van der Waals surface area contributed by atoms with Gasteiger partial charge < -0.3 is 5.11 Å². The second-order valence-corrected chi connectivity index (χ2v) is 6.30. The molecule has 1 saturated carbocycles. The number of nitrogens with zero attached hydrogens (tertiary/aromatic N) is 1. The third-order valence-corrected chi connectivity index (χ3v) is 4.35. The van der Waals surface area contributed by atoms with Crippen molar-refractivity contribution in [2.45, 2.75) is 71.9 Å². The van der Waals surface area contributed by atoms with Gasteiger partial charge in [-0.25, -0.2) is 0 Å². The van der Waals surface area contributed by atoms with Crippen LogP contribution in [0.4, 0.5) is 0 Å². The van der Waals surface area contributed by atoms with Crippen LogP contribution in [-0.4, -0.2) is 34.6 Å². The summed E-state index contributed by atoms with van der Waals surface area (Å²) in [6.45, 7) is 9.68. The Morgan fingerprint density at radius 1 is 1.28 bits per heavy atom. The Hall–Kier alpha value is -0.570. The Bertz CT molecular complexity index is 263. The van der Waals surface area contributed by atoms with Crippen molar-refractivity contribution >= 4 is 5.97 Å². The van der Waals surface area contributed by atoms with Crippen LogP contribution in [-0.2, 0) is 4.79 Å². The predicted molar refractivity (Wildman–Crippen MR) is 74.7 cm³/mol. The molecule has 0 aromatic heterocycles. The van der Waals surface area contributed by atoms with Gasteiger partial charge in [0.05, 0.1) is 6.42 Å². The molecule has 0 bridgehead atoms. The monoisotopic (exact) mass is 255 g/mol. The zero-order valence-electron chi connectivity index (χ0n) is 12.4. The maximum absolute atomic E-state index is 10.8. The second-order valence-electron chi connectivity index (χ2n) is 6.30. The van der Waals surface area contributed by atoms with E-state index in [1.54, 1.807) is 0 Å². The maximum Gasteiger partial charge on any atom is 0.304 e. The lowest BCUT2D eigenvalue weighted by molar-refractivity contribution is -0.137. The molecule has 2 unspecified atom stereocenters. The highest BCUT2D eigenvalue weighted by molar-refractivity contribution is 5.66. The molecule has 106 valence electrons. The molecule has 0 spiro atoms. The summed E-state index contributed by atoms with van der Waals surface area (Å²) in [6.07, 6.45) is 5.39. The summed E-state index contributed by atoms with van der Waals surface area (Å²) in [4.78, 5) is 13.2. The van der Waals surface area contributed by atoms with Crippen LogP contribution in [0.3, 0.4) is 0 Å². The van der Waals surface area contributed by atoms with E-state index in [1.165, 1.54) is 25.7 Å². The Labute approximate surface area is 112 Å². The van der Waals surface area contributed by atoms with E-state index in [1.807, 2.05) is 0 Å². The van der Waals surface area contributed by atoms with Crippen LogP contribution in [0.1, 0.15) is 59.8 Å². The number of carboxylic acids is 1. The molecule has 0 aromatic carbocycles. The molecule has 1 aliphatic carbocycles. The molecule has 3 heteroatoms. The number of carboxylic acid groups (broad SMARTS) is 1. The van der Waals surface area contributed by atoms with Crippen LogP contribution in [0, 0.1) is 11.8 Å². The van der Waals surface area contributed by atoms with E-state index in [0.717, 1.165) is 11.8 Å². The predicted octanol–water partition coefficient (Wildman–Crippen LogP) is 3.39. The average Bonchev–Trinajstić information content (AvgIpc) is 2.28. The van der Waals surface area contributed by atoms with Gasteiger partial charge >= 0.3 is 5.97 Å². The van der Waals surface area contributed by atoms with Crippen LogP contribution < -0.4 is 0 Å². The first-order valence-electron chi connectivity index (χ1n) is 7.39. The van der Waals surface area contributed by atoms with Gasteiger partial charge in [-0.2, -0.15) is 0 Å². The molecule has 0 amide bonds. The molecule has 1 fully saturated rings. The highest BCUT2D eigenvalue weighted by Gasteiger charge is 2.29. The Morgan fingerprint density at radius 3 is 2.44 bits per heavy atom. The lowest BCUT2D eigenvalue weighted by atomic mass is 9.78. The summed E-state index contributed by atoms with van der Waals surface area (Å²) in [7, 11) is 0. The fourth-order valence-corrected chi connectivity index (χ4v) is 3.19. The van der Waals surface area contributed by atoms with Crippen molar-refractivity contribution in [1.29, 1.82) is 0 Å². The average molecular weight is 255 g/mol. The van der Waals surface area contributed by atoms with Gasteiger partial charge in [0.1, 0.15) is 0 Å². The number of rotatable bonds is 6. The van der Waals surface area contributed by atoms with Crippen molar-refractivity contribution in [3.05, 3.63) is 0 Å². The van der Waals surface area contributed by atoms with Crippen molar-refractivity contribution in [3.63, 3.8) is 0 Å². The summed E-state index contributed by atoms with van der Waals surface area (Å²) >= 11 is 0. The SMILES string of the molecule is CC(C)C1CCCC(N(CCC(=O)O)C(C)C)C1. The molecule has 0 aliphatic heterocycles. The minimum Gasteiger partial charge on any atom is -0.481 e. The lowest BCUT2D eigenvalue weighted by Gasteiger charge is -2.40. The van der Waals surface area contributed by atoms with Crippen LogP contribution >= 0.6 is 0 Å². The van der Waals surface area contributed by atoms with Gasteiger partial charge in [0, 0.05) is 18.6 Å². The Balaban J connectivity index is 2.58. The van der Waals surface area contributed by atoms with Crippen LogP contribution in [0.2, 0.25) is 0 Å². The minimum atomic E-state index is -0.683. The highest BCUT2D eigenvalue weighted by atomic mass is 16.4. The normalized spacial score (nSPS) is 25.1. The van der Waals surface area contributed by atoms with Crippen LogP contribution in [0.25, 0.3) is 0 Å². The molecule has 0 saturated heterocycles. The van der Waals surface area contributed by atoms with Crippen molar-refractivity contribution in [2.75, 3.05) is 6.54 Å². The summed E-state index contributed by atoms with van der Waals surface area (Å²) in [6, 6.07) is 1.03. The van der Waals surface area contributed by atoms with E-state index in [2.05, 4.69) is 32.6 Å². The van der Waals surface area contributed by atoms with Gasteiger partial charge in [0.25, 0.3) is 0 Å². The van der Waals surface area contributed by atoms with Gasteiger partial charge in [-0.05, 0) is 38.5 Å². The van der Waals surface area contributed by atoms with Crippen molar-refractivity contribution in [1.82, 2.24) is 4.90 Å². The van der Waals surface area contributed by atoms with Gasteiger partial charge in [0.2, 0.25) is 0 Å². The second kappa shape index (κ2) is 7.13. The summed E-state index contributed by atoms with van der Waals surface area (Å²) < 4.78 is 0. The molecule has 1 rings (SSSR count). The molecule has 18 heavy (non-hydrogen) atoms. The van der Waals surface area contributed by atoms with E-state index >= 15 is 0 Å². The number of hydrogen-bond donors (Lipinski definition) is 1. The fourth-order valence-electron chi connectivity index (χ4n) is 3.19. The maximum atomic E-state index is 10.8. The molecule has 2 atom stereocenters. The molecule has 3 nitrogen and oxygen atoms in total. The van der Waals surface area contributed by atoms with Gasteiger partial charge in [-0.15, -0.1) is 0 Å². The smallest absolute Gasteiger partial charge is 0.304 e. The quantitative estimate of drug-likeness (QED) is 0.791. The zero-order valence-corrected chi connectivity index (χ0v) is 12.4. The summed E-state index contributed by atoms with van der Waals surface area (Å²) in [5, 5.41) is 8.86. The summed E-state index contributed by atoms with van der Waals surface area (Å²) in [5.41, 5.74) is 0. The van der Waals surface area contributed by atoms with Crippen molar-refractivity contribution in [2.24, 2.45) is 11.8 Å². The van der Waals surface area contributed by atoms with Gasteiger partial charge in [-0.3, -0.25) is 9.69 Å². The third kappa shape index (κ3) is 4.60. The van der Waals surface area contributed by atoms with E-state index in [0.29, 0.717) is 18.6 Å².